The smallest absolute Gasteiger partial charge is 0.0776 e. The fourth-order valence-corrected chi connectivity index (χ4v) is 2.71. The highest BCUT2D eigenvalue weighted by molar-refractivity contribution is 9.10. The molecule has 6 heteroatoms. The van der Waals surface area contributed by atoms with E-state index in [9.17, 15) is 0 Å². The monoisotopic (exact) mass is 300 g/mol. The number of aliphatic hydroxyl groups is 1. The summed E-state index contributed by atoms with van der Waals surface area (Å²) in [5, 5.41) is 8.90. The van der Waals surface area contributed by atoms with E-state index in [2.05, 4.69) is 30.7 Å². The second-order valence-electron chi connectivity index (χ2n) is 4.11. The van der Waals surface area contributed by atoms with Crippen molar-refractivity contribution in [1.29, 1.82) is 0 Å². The summed E-state index contributed by atoms with van der Waals surface area (Å²) in [5.74, 6) is 0. The van der Waals surface area contributed by atoms with Crippen molar-refractivity contribution in [2.45, 2.75) is 0 Å². The van der Waals surface area contributed by atoms with E-state index in [4.69, 9.17) is 10.8 Å². The van der Waals surface area contributed by atoms with Crippen molar-refractivity contribution in [2.24, 2.45) is 0 Å². The van der Waals surface area contributed by atoms with Crippen LogP contribution in [0.3, 0.4) is 0 Å². The lowest BCUT2D eigenvalue weighted by Crippen LogP contribution is -2.47. The van der Waals surface area contributed by atoms with Crippen LogP contribution in [0.4, 0.5) is 11.4 Å². The predicted molar refractivity (Wildman–Crippen MR) is 72.1 cm³/mol. The molecule has 1 fully saturated rings. The Morgan fingerprint density at radius 1 is 1.29 bits per heavy atom. The van der Waals surface area contributed by atoms with Crippen LogP contribution in [0.2, 0.25) is 0 Å². The van der Waals surface area contributed by atoms with E-state index >= 15 is 0 Å². The van der Waals surface area contributed by atoms with Crippen LogP contribution in [0.1, 0.15) is 0 Å². The summed E-state index contributed by atoms with van der Waals surface area (Å²) in [6, 6.07) is 0. The standard InChI is InChI=1S/C11H17BrN4O/c12-9-7-14-8-10(13)11(9)16-3-1-15(2-4-16)5-6-17/h7-8,17H,1-6,13H2. The van der Waals surface area contributed by atoms with Gasteiger partial charge in [0.2, 0.25) is 0 Å². The number of aliphatic hydroxyl groups excluding tert-OH is 1. The highest BCUT2D eigenvalue weighted by atomic mass is 79.9. The Morgan fingerprint density at radius 3 is 2.59 bits per heavy atom. The van der Waals surface area contributed by atoms with Gasteiger partial charge in [-0.1, -0.05) is 0 Å². The Kier molecular flexibility index (Phi) is 4.20. The SMILES string of the molecule is Nc1cncc(Br)c1N1CCN(CCO)CC1. The molecule has 3 N–H and O–H groups in total. The number of halogens is 1. The average Bonchev–Trinajstić information content (AvgIpc) is 2.31. The van der Waals surface area contributed by atoms with E-state index < -0.39 is 0 Å². The minimum atomic E-state index is 0.223. The molecule has 0 amide bonds. The first-order valence-electron chi connectivity index (χ1n) is 5.69. The third-order valence-corrected chi connectivity index (χ3v) is 3.59. The van der Waals surface area contributed by atoms with Gasteiger partial charge in [-0.2, -0.15) is 0 Å². The molecule has 2 rings (SSSR count). The summed E-state index contributed by atoms with van der Waals surface area (Å²) < 4.78 is 0.938. The number of nitrogens with two attached hydrogens (primary N) is 1. The van der Waals surface area contributed by atoms with E-state index in [1.807, 2.05) is 0 Å². The third kappa shape index (κ3) is 2.88. The molecule has 1 saturated heterocycles. The molecule has 0 unspecified atom stereocenters. The van der Waals surface area contributed by atoms with Crippen LogP contribution in [0.15, 0.2) is 16.9 Å². The molecular formula is C11H17BrN4O. The Morgan fingerprint density at radius 2 is 2.00 bits per heavy atom. The van der Waals surface area contributed by atoms with Gasteiger partial charge in [0.1, 0.15) is 0 Å². The fraction of sp³-hybridized carbons (Fsp3) is 0.545. The van der Waals surface area contributed by atoms with E-state index in [1.54, 1.807) is 12.4 Å². The number of anilines is 2. The number of piperazine rings is 1. The maximum atomic E-state index is 8.90. The second kappa shape index (κ2) is 5.66. The second-order valence-corrected chi connectivity index (χ2v) is 4.97. The molecule has 0 atom stereocenters. The molecule has 1 aromatic rings. The molecule has 0 saturated carbocycles. The maximum Gasteiger partial charge on any atom is 0.0776 e. The molecule has 0 spiro atoms. The number of aromatic nitrogens is 1. The van der Waals surface area contributed by atoms with Crippen LogP contribution in [0, 0.1) is 0 Å². The third-order valence-electron chi connectivity index (χ3n) is 3.01. The van der Waals surface area contributed by atoms with Crippen LogP contribution in [-0.2, 0) is 0 Å². The summed E-state index contributed by atoms with van der Waals surface area (Å²) in [5.41, 5.74) is 7.69. The van der Waals surface area contributed by atoms with Gasteiger partial charge in [-0.05, 0) is 15.9 Å². The van der Waals surface area contributed by atoms with Crippen LogP contribution in [0.5, 0.6) is 0 Å². The number of pyridine rings is 1. The summed E-state index contributed by atoms with van der Waals surface area (Å²) in [6.07, 6.45) is 3.45. The molecule has 2 heterocycles. The first-order chi connectivity index (χ1) is 8.22. The van der Waals surface area contributed by atoms with Crippen molar-refractivity contribution < 1.29 is 5.11 Å². The largest absolute Gasteiger partial charge is 0.396 e. The normalized spacial score (nSPS) is 17.4. The fourth-order valence-electron chi connectivity index (χ4n) is 2.11. The molecule has 0 aliphatic carbocycles. The summed E-state index contributed by atoms with van der Waals surface area (Å²) in [7, 11) is 0. The Labute approximate surface area is 109 Å². The molecule has 0 bridgehead atoms. The van der Waals surface area contributed by atoms with Gasteiger partial charge in [-0.15, -0.1) is 0 Å². The lowest BCUT2D eigenvalue weighted by molar-refractivity contribution is 0.189. The number of nitrogens with zero attached hydrogens (tertiary/aromatic N) is 3. The van der Waals surface area contributed by atoms with E-state index in [-0.39, 0.29) is 6.61 Å². The van der Waals surface area contributed by atoms with Gasteiger partial charge in [0.05, 0.1) is 28.7 Å². The minimum absolute atomic E-state index is 0.223. The van der Waals surface area contributed by atoms with Gasteiger partial charge in [-0.25, -0.2) is 0 Å². The zero-order chi connectivity index (χ0) is 12.3. The van der Waals surface area contributed by atoms with Gasteiger partial charge < -0.3 is 15.7 Å². The predicted octanol–water partition coefficient (Wildman–Crippen LogP) is 0.541. The van der Waals surface area contributed by atoms with Crippen LogP contribution >= 0.6 is 15.9 Å². The Hall–Kier alpha value is -0.850. The molecule has 5 nitrogen and oxygen atoms in total. The highest BCUT2D eigenvalue weighted by Crippen LogP contribution is 2.31. The first-order valence-corrected chi connectivity index (χ1v) is 6.49. The number of β-amino-alcohol motifs (C(OH)–C–C–N with tert-alkyl or cyclic N) is 1. The van der Waals surface area contributed by atoms with Crippen molar-refractivity contribution in [1.82, 2.24) is 9.88 Å². The Bertz CT molecular complexity index is 359. The molecular weight excluding hydrogens is 284 g/mol. The number of hydrogen-bond acceptors (Lipinski definition) is 5. The van der Waals surface area contributed by atoms with Gasteiger partial charge in [0.25, 0.3) is 0 Å². The first kappa shape index (κ1) is 12.6. The lowest BCUT2D eigenvalue weighted by Gasteiger charge is -2.36. The van der Waals surface area contributed by atoms with E-state index in [1.165, 1.54) is 0 Å². The van der Waals surface area contributed by atoms with Crippen molar-refractivity contribution in [3.63, 3.8) is 0 Å². The number of rotatable bonds is 3. The van der Waals surface area contributed by atoms with Crippen molar-refractivity contribution in [2.75, 3.05) is 50.0 Å². The van der Waals surface area contributed by atoms with Crippen molar-refractivity contribution in [3.05, 3.63) is 16.9 Å². The summed E-state index contributed by atoms with van der Waals surface area (Å²) >= 11 is 3.49. The Balaban J connectivity index is 2.05. The molecule has 1 aliphatic heterocycles. The molecule has 1 aliphatic rings. The molecule has 0 radical (unpaired) electrons. The van der Waals surface area contributed by atoms with Crippen LogP contribution in [-0.4, -0.2) is 54.3 Å². The highest BCUT2D eigenvalue weighted by Gasteiger charge is 2.20. The zero-order valence-electron chi connectivity index (χ0n) is 9.64. The van der Waals surface area contributed by atoms with Crippen molar-refractivity contribution in [3.8, 4) is 0 Å². The topological polar surface area (TPSA) is 65.6 Å². The van der Waals surface area contributed by atoms with Gasteiger partial charge in [-0.3, -0.25) is 9.88 Å². The molecule has 94 valence electrons. The van der Waals surface area contributed by atoms with Crippen molar-refractivity contribution >= 4 is 27.3 Å². The molecule has 17 heavy (non-hydrogen) atoms. The lowest BCUT2D eigenvalue weighted by atomic mass is 10.2. The van der Waals surface area contributed by atoms with Gasteiger partial charge in [0.15, 0.2) is 0 Å². The quantitative estimate of drug-likeness (QED) is 0.853. The minimum Gasteiger partial charge on any atom is -0.396 e. The van der Waals surface area contributed by atoms with E-state index in [0.29, 0.717) is 5.69 Å². The van der Waals surface area contributed by atoms with Gasteiger partial charge >= 0.3 is 0 Å². The van der Waals surface area contributed by atoms with Crippen LogP contribution in [0.25, 0.3) is 0 Å². The zero-order valence-corrected chi connectivity index (χ0v) is 11.2. The summed E-state index contributed by atoms with van der Waals surface area (Å²) in [6.45, 7) is 4.73. The maximum absolute atomic E-state index is 8.90. The molecule has 1 aromatic heterocycles. The number of hydrogen-bond donors (Lipinski definition) is 2. The van der Waals surface area contributed by atoms with Crippen LogP contribution < -0.4 is 10.6 Å². The van der Waals surface area contributed by atoms with E-state index in [0.717, 1.165) is 42.9 Å². The summed E-state index contributed by atoms with van der Waals surface area (Å²) in [4.78, 5) is 8.55. The average molecular weight is 301 g/mol. The number of nitrogen functional groups attached to an aromatic ring is 1. The molecule has 0 aromatic carbocycles. The van der Waals surface area contributed by atoms with Gasteiger partial charge in [0, 0.05) is 38.9 Å².